The molecule has 1 amide bonds. The third-order valence-electron chi connectivity index (χ3n) is 3.47. The number of amides is 1. The van der Waals surface area contributed by atoms with Gasteiger partial charge in [-0.25, -0.2) is 0 Å². The summed E-state index contributed by atoms with van der Waals surface area (Å²) in [5.41, 5.74) is 7.01. The van der Waals surface area contributed by atoms with E-state index in [9.17, 15) is 4.79 Å². The van der Waals surface area contributed by atoms with Crippen molar-refractivity contribution in [1.29, 1.82) is 0 Å². The van der Waals surface area contributed by atoms with Crippen molar-refractivity contribution in [3.8, 4) is 0 Å². The maximum absolute atomic E-state index is 12.2. The summed E-state index contributed by atoms with van der Waals surface area (Å²) in [6.07, 6.45) is 0. The zero-order valence-corrected chi connectivity index (χ0v) is 9.81. The average molecular weight is 218 g/mol. The first-order valence-electron chi connectivity index (χ1n) is 5.73. The van der Waals surface area contributed by atoms with Crippen molar-refractivity contribution in [3.05, 3.63) is 29.8 Å². The van der Waals surface area contributed by atoms with Gasteiger partial charge in [-0.15, -0.1) is 0 Å². The lowest BCUT2D eigenvalue weighted by Crippen LogP contribution is -2.29. The molecule has 1 aliphatic rings. The van der Waals surface area contributed by atoms with Crippen LogP contribution in [0.25, 0.3) is 0 Å². The topological polar surface area (TPSA) is 46.3 Å². The molecule has 2 unspecified atom stereocenters. The summed E-state index contributed by atoms with van der Waals surface area (Å²) in [7, 11) is 0. The molecule has 1 aliphatic heterocycles. The molecule has 16 heavy (non-hydrogen) atoms. The first-order chi connectivity index (χ1) is 7.59. The van der Waals surface area contributed by atoms with Crippen molar-refractivity contribution in [2.45, 2.75) is 13.8 Å². The predicted octanol–water partition coefficient (Wildman–Crippen LogP) is 2.00. The van der Waals surface area contributed by atoms with Gasteiger partial charge in [0, 0.05) is 18.8 Å². The zero-order valence-electron chi connectivity index (χ0n) is 9.81. The molecule has 3 nitrogen and oxygen atoms in total. The monoisotopic (exact) mass is 218 g/mol. The van der Waals surface area contributed by atoms with Gasteiger partial charge in [0.1, 0.15) is 0 Å². The number of anilines is 1. The van der Waals surface area contributed by atoms with E-state index in [0.29, 0.717) is 23.1 Å². The van der Waals surface area contributed by atoms with Crippen LogP contribution in [-0.4, -0.2) is 23.9 Å². The minimum atomic E-state index is 0.0642. The van der Waals surface area contributed by atoms with Gasteiger partial charge in [0.25, 0.3) is 5.91 Å². The van der Waals surface area contributed by atoms with Gasteiger partial charge >= 0.3 is 0 Å². The average Bonchev–Trinajstić information content (AvgIpc) is 2.59. The van der Waals surface area contributed by atoms with Crippen LogP contribution in [0.5, 0.6) is 0 Å². The highest BCUT2D eigenvalue weighted by molar-refractivity contribution is 5.99. The molecular weight excluding hydrogens is 200 g/mol. The molecule has 2 atom stereocenters. The molecule has 0 radical (unpaired) electrons. The van der Waals surface area contributed by atoms with E-state index in [2.05, 4.69) is 13.8 Å². The number of carbonyl (C=O) groups is 1. The molecule has 0 spiro atoms. The fourth-order valence-electron chi connectivity index (χ4n) is 2.16. The minimum Gasteiger partial charge on any atom is -0.398 e. The Morgan fingerprint density at radius 2 is 1.81 bits per heavy atom. The summed E-state index contributed by atoms with van der Waals surface area (Å²) >= 11 is 0. The van der Waals surface area contributed by atoms with E-state index >= 15 is 0 Å². The fraction of sp³-hybridized carbons (Fsp3) is 0.462. The van der Waals surface area contributed by atoms with Crippen LogP contribution in [0, 0.1) is 11.8 Å². The summed E-state index contributed by atoms with van der Waals surface area (Å²) in [4.78, 5) is 14.1. The second-order valence-corrected chi connectivity index (χ2v) is 4.75. The van der Waals surface area contributed by atoms with E-state index < -0.39 is 0 Å². The van der Waals surface area contributed by atoms with Gasteiger partial charge in [-0.2, -0.15) is 0 Å². The van der Waals surface area contributed by atoms with Crippen molar-refractivity contribution in [2.24, 2.45) is 11.8 Å². The second kappa shape index (κ2) is 4.16. The molecule has 0 bridgehead atoms. The minimum absolute atomic E-state index is 0.0642. The molecule has 1 fully saturated rings. The highest BCUT2D eigenvalue weighted by Gasteiger charge is 2.30. The lowest BCUT2D eigenvalue weighted by Gasteiger charge is -2.17. The summed E-state index contributed by atoms with van der Waals surface area (Å²) in [5.74, 6) is 1.22. The summed E-state index contributed by atoms with van der Waals surface area (Å²) in [5, 5.41) is 0. The lowest BCUT2D eigenvalue weighted by molar-refractivity contribution is 0.0786. The van der Waals surface area contributed by atoms with Gasteiger partial charge in [-0.3, -0.25) is 4.79 Å². The van der Waals surface area contributed by atoms with Crippen LogP contribution in [-0.2, 0) is 0 Å². The molecule has 1 saturated heterocycles. The van der Waals surface area contributed by atoms with Crippen LogP contribution in [0.2, 0.25) is 0 Å². The van der Waals surface area contributed by atoms with Gasteiger partial charge in [-0.1, -0.05) is 26.0 Å². The van der Waals surface area contributed by atoms with Crippen LogP contribution in [0.1, 0.15) is 24.2 Å². The normalized spacial score (nSPS) is 24.8. The number of hydrogen-bond acceptors (Lipinski definition) is 2. The number of nitrogen functional groups attached to an aromatic ring is 1. The summed E-state index contributed by atoms with van der Waals surface area (Å²) in [6.45, 7) is 6.06. The van der Waals surface area contributed by atoms with Crippen molar-refractivity contribution < 1.29 is 4.79 Å². The number of hydrogen-bond donors (Lipinski definition) is 1. The molecule has 1 heterocycles. The van der Waals surface area contributed by atoms with E-state index in [-0.39, 0.29) is 5.91 Å². The van der Waals surface area contributed by atoms with E-state index in [0.717, 1.165) is 13.1 Å². The first kappa shape index (κ1) is 11.0. The Labute approximate surface area is 96.2 Å². The van der Waals surface area contributed by atoms with E-state index in [4.69, 9.17) is 5.73 Å². The second-order valence-electron chi connectivity index (χ2n) is 4.75. The Balaban J connectivity index is 2.18. The van der Waals surface area contributed by atoms with Crippen molar-refractivity contribution >= 4 is 11.6 Å². The third-order valence-corrected chi connectivity index (χ3v) is 3.47. The van der Waals surface area contributed by atoms with E-state index in [1.54, 1.807) is 12.1 Å². The third kappa shape index (κ3) is 1.90. The maximum Gasteiger partial charge on any atom is 0.255 e. The number of carbonyl (C=O) groups excluding carboxylic acids is 1. The fourth-order valence-corrected chi connectivity index (χ4v) is 2.16. The number of nitrogens with two attached hydrogens (primary N) is 1. The summed E-state index contributed by atoms with van der Waals surface area (Å²) < 4.78 is 0. The Hall–Kier alpha value is -1.51. The predicted molar refractivity (Wildman–Crippen MR) is 65.1 cm³/mol. The smallest absolute Gasteiger partial charge is 0.255 e. The molecular formula is C13H18N2O. The number of rotatable bonds is 1. The highest BCUT2D eigenvalue weighted by Crippen LogP contribution is 2.24. The number of benzene rings is 1. The van der Waals surface area contributed by atoms with E-state index in [1.165, 1.54) is 0 Å². The SMILES string of the molecule is CC1CN(C(=O)c2ccccc2N)CC1C. The lowest BCUT2D eigenvalue weighted by atomic mass is 10.0. The number of likely N-dealkylation sites (tertiary alicyclic amines) is 1. The van der Waals surface area contributed by atoms with Gasteiger partial charge in [0.15, 0.2) is 0 Å². The Morgan fingerprint density at radius 1 is 1.25 bits per heavy atom. The number of para-hydroxylation sites is 1. The molecule has 1 aromatic carbocycles. The summed E-state index contributed by atoms with van der Waals surface area (Å²) in [6, 6.07) is 7.27. The molecule has 0 saturated carbocycles. The Morgan fingerprint density at radius 3 is 2.38 bits per heavy atom. The van der Waals surface area contributed by atoms with Crippen LogP contribution in [0.4, 0.5) is 5.69 Å². The molecule has 1 aromatic rings. The van der Waals surface area contributed by atoms with Crippen molar-refractivity contribution in [3.63, 3.8) is 0 Å². The molecule has 2 N–H and O–H groups in total. The zero-order chi connectivity index (χ0) is 11.7. The van der Waals surface area contributed by atoms with Crippen LogP contribution < -0.4 is 5.73 Å². The van der Waals surface area contributed by atoms with Crippen LogP contribution >= 0.6 is 0 Å². The van der Waals surface area contributed by atoms with Gasteiger partial charge < -0.3 is 10.6 Å². The van der Waals surface area contributed by atoms with Gasteiger partial charge in [0.05, 0.1) is 5.56 Å². The Kier molecular flexibility index (Phi) is 2.86. The van der Waals surface area contributed by atoms with Gasteiger partial charge in [-0.05, 0) is 24.0 Å². The largest absolute Gasteiger partial charge is 0.398 e. The number of nitrogens with zero attached hydrogens (tertiary/aromatic N) is 1. The molecule has 2 rings (SSSR count). The highest BCUT2D eigenvalue weighted by atomic mass is 16.2. The van der Waals surface area contributed by atoms with E-state index in [1.807, 2.05) is 17.0 Å². The maximum atomic E-state index is 12.2. The first-order valence-corrected chi connectivity index (χ1v) is 5.73. The quantitative estimate of drug-likeness (QED) is 0.733. The molecule has 3 heteroatoms. The van der Waals surface area contributed by atoms with Crippen LogP contribution in [0.3, 0.4) is 0 Å². The van der Waals surface area contributed by atoms with Crippen LogP contribution in [0.15, 0.2) is 24.3 Å². The molecule has 0 aromatic heterocycles. The molecule has 86 valence electrons. The van der Waals surface area contributed by atoms with Gasteiger partial charge in [0.2, 0.25) is 0 Å². The molecule has 0 aliphatic carbocycles. The standard InChI is InChI=1S/C13H18N2O/c1-9-7-15(8-10(9)2)13(16)11-5-3-4-6-12(11)14/h3-6,9-10H,7-8,14H2,1-2H3. The Bertz CT molecular complexity index is 393. The van der Waals surface area contributed by atoms with Crippen molar-refractivity contribution in [2.75, 3.05) is 18.8 Å². The van der Waals surface area contributed by atoms with Crippen molar-refractivity contribution in [1.82, 2.24) is 4.90 Å².